The number of likely N-dealkylation sites (tertiary alicyclic amines) is 2. The van der Waals surface area contributed by atoms with Crippen molar-refractivity contribution in [3.8, 4) is 0 Å². The lowest BCUT2D eigenvalue weighted by molar-refractivity contribution is -0.145. The lowest BCUT2D eigenvalue weighted by Gasteiger charge is -2.33. The minimum absolute atomic E-state index is 0.00942. The molecule has 11 nitrogen and oxygen atoms in total. The number of ether oxygens (including phenoxy) is 2. The predicted octanol–water partition coefficient (Wildman–Crippen LogP) is 3.93. The van der Waals surface area contributed by atoms with E-state index in [1.54, 1.807) is 16.7 Å². The molecule has 2 heterocycles. The molecule has 1 aromatic rings. The molecule has 0 spiro atoms. The average molecular weight is 653 g/mol. The quantitative estimate of drug-likeness (QED) is 0.305. The van der Waals surface area contributed by atoms with Gasteiger partial charge in [-0.25, -0.2) is 9.59 Å². The normalized spacial score (nSPS) is 18.5. The molecule has 1 aromatic carbocycles. The number of piperidine rings is 2. The largest absolute Gasteiger partial charge is 0.464 e. The maximum atomic E-state index is 13.0. The van der Waals surface area contributed by atoms with Crippen LogP contribution >= 0.6 is 0 Å². The molecule has 2 atom stereocenters. The van der Waals surface area contributed by atoms with Crippen LogP contribution in [0.3, 0.4) is 0 Å². The molecule has 2 aliphatic heterocycles. The number of benzene rings is 1. The van der Waals surface area contributed by atoms with Gasteiger partial charge in [-0.3, -0.25) is 14.4 Å². The Hall–Kier alpha value is -4.10. The average Bonchev–Trinajstić information content (AvgIpc) is 3.00. The zero-order valence-corrected chi connectivity index (χ0v) is 26.7. The van der Waals surface area contributed by atoms with Gasteiger partial charge < -0.3 is 29.9 Å². The fourth-order valence-corrected chi connectivity index (χ4v) is 5.15. The van der Waals surface area contributed by atoms with E-state index in [-0.39, 0.29) is 43.2 Å². The highest BCUT2D eigenvalue weighted by atomic mass is 19.4. The van der Waals surface area contributed by atoms with Crippen LogP contribution in [0.15, 0.2) is 36.4 Å². The van der Waals surface area contributed by atoms with Crippen molar-refractivity contribution in [1.29, 1.82) is 0 Å². The molecule has 2 N–H and O–H groups in total. The minimum Gasteiger partial charge on any atom is -0.464 e. The summed E-state index contributed by atoms with van der Waals surface area (Å²) < 4.78 is 49.0. The first kappa shape index (κ1) is 36.4. The van der Waals surface area contributed by atoms with Gasteiger partial charge in [0, 0.05) is 38.3 Å². The summed E-state index contributed by atoms with van der Waals surface area (Å²) in [6.45, 7) is 8.44. The van der Waals surface area contributed by atoms with Crippen LogP contribution in [0.1, 0.15) is 69.3 Å². The lowest BCUT2D eigenvalue weighted by atomic mass is 9.95. The summed E-state index contributed by atoms with van der Waals surface area (Å²) in [6.07, 6.45) is 0.964. The molecule has 254 valence electrons. The van der Waals surface area contributed by atoms with Crippen LogP contribution in [0.2, 0.25) is 0 Å². The Morgan fingerprint density at radius 3 is 2.22 bits per heavy atom. The Morgan fingerprint density at radius 1 is 0.978 bits per heavy atom. The van der Waals surface area contributed by atoms with E-state index in [1.165, 1.54) is 6.08 Å². The molecule has 0 saturated carbocycles. The first-order valence-electron chi connectivity index (χ1n) is 15.4. The summed E-state index contributed by atoms with van der Waals surface area (Å²) in [5.41, 5.74) is -1.59. The predicted molar refractivity (Wildman–Crippen MR) is 161 cm³/mol. The van der Waals surface area contributed by atoms with Crippen LogP contribution in [0.4, 0.5) is 18.0 Å². The first-order valence-corrected chi connectivity index (χ1v) is 15.4. The maximum Gasteiger partial charge on any atom is 0.416 e. The third kappa shape index (κ3) is 11.1. The Balaban J connectivity index is 1.51. The van der Waals surface area contributed by atoms with Crippen LogP contribution < -0.4 is 10.6 Å². The second kappa shape index (κ2) is 15.9. The Morgan fingerprint density at radius 2 is 1.63 bits per heavy atom. The highest BCUT2D eigenvalue weighted by molar-refractivity contribution is 5.97. The zero-order valence-electron chi connectivity index (χ0n) is 26.7. The van der Waals surface area contributed by atoms with Gasteiger partial charge in [0.25, 0.3) is 5.91 Å². The summed E-state index contributed by atoms with van der Waals surface area (Å²) in [7, 11) is 0. The van der Waals surface area contributed by atoms with E-state index in [4.69, 9.17) is 9.47 Å². The molecular weight excluding hydrogens is 609 g/mol. The Kier molecular flexibility index (Phi) is 12.6. The molecule has 0 bridgehead atoms. The third-order valence-corrected chi connectivity index (χ3v) is 7.64. The molecule has 2 fully saturated rings. The fourth-order valence-electron chi connectivity index (χ4n) is 5.15. The second-order valence-electron chi connectivity index (χ2n) is 12.4. The summed E-state index contributed by atoms with van der Waals surface area (Å²) in [5.74, 6) is -2.67. The van der Waals surface area contributed by atoms with E-state index in [0.717, 1.165) is 24.3 Å². The molecule has 0 aliphatic carbocycles. The third-order valence-electron chi connectivity index (χ3n) is 7.64. The number of alkyl halides is 3. The molecule has 4 amide bonds. The van der Waals surface area contributed by atoms with Crippen molar-refractivity contribution in [2.45, 2.75) is 71.2 Å². The van der Waals surface area contributed by atoms with Crippen molar-refractivity contribution in [2.75, 3.05) is 39.3 Å². The van der Waals surface area contributed by atoms with Gasteiger partial charge in [-0.1, -0.05) is 6.08 Å². The van der Waals surface area contributed by atoms with Gasteiger partial charge in [0.15, 0.2) is 0 Å². The Labute approximate surface area is 266 Å². The van der Waals surface area contributed by atoms with Crippen LogP contribution in [-0.4, -0.2) is 90.6 Å². The van der Waals surface area contributed by atoms with Gasteiger partial charge in [0.05, 0.1) is 18.1 Å². The van der Waals surface area contributed by atoms with Crippen LogP contribution in [0.5, 0.6) is 0 Å². The van der Waals surface area contributed by atoms with Crippen LogP contribution in [0.25, 0.3) is 0 Å². The number of allylic oxidation sites excluding steroid dienone is 1. The van der Waals surface area contributed by atoms with Gasteiger partial charge >= 0.3 is 18.2 Å². The zero-order chi connectivity index (χ0) is 34.1. The van der Waals surface area contributed by atoms with E-state index in [1.807, 2.05) is 26.8 Å². The molecular formula is C32H43F3N4O7. The summed E-state index contributed by atoms with van der Waals surface area (Å²) in [6, 6.07) is 2.22. The number of halogens is 3. The second-order valence-corrected chi connectivity index (χ2v) is 12.4. The van der Waals surface area contributed by atoms with Gasteiger partial charge in [-0.05, 0) is 89.6 Å². The number of esters is 1. The van der Waals surface area contributed by atoms with Crippen molar-refractivity contribution in [3.05, 3.63) is 47.5 Å². The van der Waals surface area contributed by atoms with E-state index >= 15 is 0 Å². The van der Waals surface area contributed by atoms with Crippen molar-refractivity contribution in [1.82, 2.24) is 20.4 Å². The molecule has 2 aliphatic rings. The number of rotatable bonds is 9. The monoisotopic (exact) mass is 652 g/mol. The SMILES string of the molecule is CCOC(=O)C(CNC(=O)[C@@H]1CCCN(C(=O)/C=C/C2CCN(C(=O)OC(C)(C)C)CC2)C1)NC(=O)c1ccc(C(F)(F)F)cc1. The number of hydrogen-bond acceptors (Lipinski definition) is 7. The maximum absolute atomic E-state index is 13.0. The first-order chi connectivity index (χ1) is 21.6. The van der Waals surface area contributed by atoms with Crippen LogP contribution in [0, 0.1) is 11.8 Å². The van der Waals surface area contributed by atoms with Gasteiger partial charge in [0.1, 0.15) is 11.6 Å². The van der Waals surface area contributed by atoms with Gasteiger partial charge in [0.2, 0.25) is 11.8 Å². The van der Waals surface area contributed by atoms with E-state index in [0.29, 0.717) is 45.3 Å². The lowest BCUT2D eigenvalue weighted by Crippen LogP contribution is -2.51. The fraction of sp³-hybridized carbons (Fsp3) is 0.594. The number of nitrogens with zero attached hydrogens (tertiary/aromatic N) is 2. The van der Waals surface area contributed by atoms with Crippen molar-refractivity contribution in [3.63, 3.8) is 0 Å². The van der Waals surface area contributed by atoms with Crippen molar-refractivity contribution < 1.29 is 46.6 Å². The summed E-state index contributed by atoms with van der Waals surface area (Å²) in [4.78, 5) is 66.7. The van der Waals surface area contributed by atoms with Gasteiger partial charge in [-0.15, -0.1) is 0 Å². The minimum atomic E-state index is -4.56. The number of carbonyl (C=O) groups excluding carboxylic acids is 5. The van der Waals surface area contributed by atoms with Crippen molar-refractivity contribution in [2.24, 2.45) is 11.8 Å². The van der Waals surface area contributed by atoms with Gasteiger partial charge in [-0.2, -0.15) is 13.2 Å². The summed E-state index contributed by atoms with van der Waals surface area (Å²) in [5, 5.41) is 5.06. The number of amides is 4. The molecule has 0 radical (unpaired) electrons. The van der Waals surface area contributed by atoms with E-state index in [9.17, 15) is 37.1 Å². The highest BCUT2D eigenvalue weighted by Crippen LogP contribution is 2.29. The molecule has 1 unspecified atom stereocenters. The Bertz CT molecular complexity index is 1270. The van der Waals surface area contributed by atoms with E-state index < -0.39 is 47.1 Å². The molecule has 3 rings (SSSR count). The number of nitrogens with one attached hydrogen (secondary N) is 2. The molecule has 14 heteroatoms. The molecule has 0 aromatic heterocycles. The molecule has 46 heavy (non-hydrogen) atoms. The number of carbonyl (C=O) groups is 5. The topological polar surface area (TPSA) is 134 Å². The van der Waals surface area contributed by atoms with E-state index in [2.05, 4.69) is 10.6 Å². The smallest absolute Gasteiger partial charge is 0.416 e. The van der Waals surface area contributed by atoms with Crippen molar-refractivity contribution >= 4 is 29.8 Å². The van der Waals surface area contributed by atoms with Crippen LogP contribution in [-0.2, 0) is 30.0 Å². The molecule has 2 saturated heterocycles. The highest BCUT2D eigenvalue weighted by Gasteiger charge is 2.32. The number of hydrogen-bond donors (Lipinski definition) is 2. The standard InChI is InChI=1S/C32H43F3N4O7/c1-5-45-29(43)25(37-28(42)22-9-11-24(12-10-22)32(33,34)35)19-36-27(41)23-7-6-16-39(20-23)26(40)13-8-21-14-17-38(18-15-21)30(44)46-31(2,3)4/h8-13,21,23,25H,5-7,14-20H2,1-4H3,(H,36,41)(H,37,42)/b13-8+/t23-,25?/m1/s1. The summed E-state index contributed by atoms with van der Waals surface area (Å²) >= 11 is 0.